The molecule has 2 unspecified atom stereocenters. The lowest BCUT2D eigenvalue weighted by Crippen LogP contribution is -2.12. The van der Waals surface area contributed by atoms with Gasteiger partial charge in [-0.15, -0.1) is 0 Å². The monoisotopic (exact) mass is 240 g/mol. The van der Waals surface area contributed by atoms with E-state index < -0.39 is 0 Å². The van der Waals surface area contributed by atoms with Crippen molar-refractivity contribution < 1.29 is 0 Å². The zero-order chi connectivity index (χ0) is 13.3. The Bertz CT molecular complexity index is 169. The second-order valence-electron chi connectivity index (χ2n) is 6.78. The molecule has 0 aliphatic carbocycles. The summed E-state index contributed by atoms with van der Waals surface area (Å²) in [6.45, 7) is 14.2. The molecule has 0 aromatic carbocycles. The van der Waals surface area contributed by atoms with E-state index in [-0.39, 0.29) is 0 Å². The molecule has 0 radical (unpaired) electrons. The molecule has 0 saturated carbocycles. The number of rotatable bonds is 10. The maximum Gasteiger partial charge on any atom is -0.0357 e. The zero-order valence-electron chi connectivity index (χ0n) is 13.3. The van der Waals surface area contributed by atoms with Crippen LogP contribution < -0.4 is 0 Å². The molecule has 0 heteroatoms. The maximum atomic E-state index is 2.42. The Morgan fingerprint density at radius 1 is 0.882 bits per heavy atom. The van der Waals surface area contributed by atoms with Crippen molar-refractivity contribution in [2.75, 3.05) is 0 Å². The van der Waals surface area contributed by atoms with E-state index >= 15 is 0 Å². The SMILES string of the molecule is CCC(C)CCCC(CC)CCC(C)(C)CC. The van der Waals surface area contributed by atoms with Gasteiger partial charge in [-0.3, -0.25) is 0 Å². The summed E-state index contributed by atoms with van der Waals surface area (Å²) in [5.74, 6) is 1.91. The van der Waals surface area contributed by atoms with Crippen LogP contribution in [0, 0.1) is 17.3 Å². The zero-order valence-corrected chi connectivity index (χ0v) is 13.3. The number of hydrogen-bond donors (Lipinski definition) is 0. The van der Waals surface area contributed by atoms with Gasteiger partial charge in [-0.25, -0.2) is 0 Å². The van der Waals surface area contributed by atoms with E-state index in [2.05, 4.69) is 41.5 Å². The van der Waals surface area contributed by atoms with Crippen LogP contribution in [0.4, 0.5) is 0 Å². The summed E-state index contributed by atoms with van der Waals surface area (Å²) in [6.07, 6.45) is 11.2. The first-order valence-corrected chi connectivity index (χ1v) is 7.95. The van der Waals surface area contributed by atoms with Gasteiger partial charge < -0.3 is 0 Å². The van der Waals surface area contributed by atoms with Crippen LogP contribution in [-0.4, -0.2) is 0 Å². The molecule has 0 heterocycles. The molecule has 0 aromatic heterocycles. The quantitative estimate of drug-likeness (QED) is 0.412. The Labute approximate surface area is 111 Å². The average molecular weight is 240 g/mol. The summed E-state index contributed by atoms with van der Waals surface area (Å²) < 4.78 is 0. The fraction of sp³-hybridized carbons (Fsp3) is 1.00. The van der Waals surface area contributed by atoms with Gasteiger partial charge in [0, 0.05) is 0 Å². The third kappa shape index (κ3) is 8.69. The van der Waals surface area contributed by atoms with Gasteiger partial charge in [-0.05, 0) is 30.1 Å². The van der Waals surface area contributed by atoms with Crippen molar-refractivity contribution in [3.8, 4) is 0 Å². The molecule has 0 bridgehead atoms. The predicted octanol–water partition coefficient (Wildman–Crippen LogP) is 6.45. The van der Waals surface area contributed by atoms with E-state index in [1.54, 1.807) is 0 Å². The highest BCUT2D eigenvalue weighted by Crippen LogP contribution is 2.31. The van der Waals surface area contributed by atoms with Crippen LogP contribution in [-0.2, 0) is 0 Å². The lowest BCUT2D eigenvalue weighted by Gasteiger charge is -2.25. The van der Waals surface area contributed by atoms with Crippen LogP contribution in [0.2, 0.25) is 0 Å². The van der Waals surface area contributed by atoms with Gasteiger partial charge in [0.05, 0.1) is 0 Å². The van der Waals surface area contributed by atoms with E-state index in [1.807, 2.05) is 0 Å². The summed E-state index contributed by atoms with van der Waals surface area (Å²) in [5, 5.41) is 0. The molecule has 0 aromatic rings. The van der Waals surface area contributed by atoms with Gasteiger partial charge in [-0.2, -0.15) is 0 Å². The first-order valence-electron chi connectivity index (χ1n) is 7.95. The Kier molecular flexibility index (Phi) is 9.00. The van der Waals surface area contributed by atoms with Crippen LogP contribution >= 0.6 is 0 Å². The molecule has 0 aliphatic heterocycles. The largest absolute Gasteiger partial charge is 0.0651 e. The first kappa shape index (κ1) is 17.0. The van der Waals surface area contributed by atoms with Gasteiger partial charge >= 0.3 is 0 Å². The van der Waals surface area contributed by atoms with E-state index in [0.717, 1.165) is 11.8 Å². The normalized spacial score (nSPS) is 15.9. The maximum absolute atomic E-state index is 2.42. The van der Waals surface area contributed by atoms with Crippen molar-refractivity contribution in [1.29, 1.82) is 0 Å². The highest BCUT2D eigenvalue weighted by atomic mass is 14.2. The minimum absolute atomic E-state index is 0.560. The summed E-state index contributed by atoms with van der Waals surface area (Å²) in [5.41, 5.74) is 0.560. The summed E-state index contributed by atoms with van der Waals surface area (Å²) >= 11 is 0. The van der Waals surface area contributed by atoms with E-state index in [1.165, 1.54) is 51.4 Å². The Morgan fingerprint density at radius 3 is 2.00 bits per heavy atom. The van der Waals surface area contributed by atoms with Gasteiger partial charge in [0.25, 0.3) is 0 Å². The topological polar surface area (TPSA) is 0 Å². The molecule has 0 N–H and O–H groups in total. The van der Waals surface area contributed by atoms with Gasteiger partial charge in [0.2, 0.25) is 0 Å². The molecule has 2 atom stereocenters. The van der Waals surface area contributed by atoms with E-state index in [9.17, 15) is 0 Å². The van der Waals surface area contributed by atoms with Crippen LogP contribution in [0.25, 0.3) is 0 Å². The third-order valence-corrected chi connectivity index (χ3v) is 4.77. The van der Waals surface area contributed by atoms with Crippen molar-refractivity contribution in [1.82, 2.24) is 0 Å². The van der Waals surface area contributed by atoms with E-state index in [4.69, 9.17) is 0 Å². The van der Waals surface area contributed by atoms with Crippen LogP contribution in [0.3, 0.4) is 0 Å². The highest BCUT2D eigenvalue weighted by molar-refractivity contribution is 4.69. The van der Waals surface area contributed by atoms with Crippen LogP contribution in [0.5, 0.6) is 0 Å². The van der Waals surface area contributed by atoms with Crippen LogP contribution in [0.1, 0.15) is 92.9 Å². The fourth-order valence-corrected chi connectivity index (χ4v) is 2.28. The number of hydrogen-bond acceptors (Lipinski definition) is 0. The predicted molar refractivity (Wildman–Crippen MR) is 80.4 cm³/mol. The molecule has 0 spiro atoms. The van der Waals surface area contributed by atoms with Crippen molar-refractivity contribution in [3.05, 3.63) is 0 Å². The third-order valence-electron chi connectivity index (χ3n) is 4.77. The average Bonchev–Trinajstić information content (AvgIpc) is 2.33. The summed E-state index contributed by atoms with van der Waals surface area (Å²) in [6, 6.07) is 0. The molecular weight excluding hydrogens is 204 g/mol. The molecule has 17 heavy (non-hydrogen) atoms. The standard InChI is InChI=1S/C17H36/c1-7-15(4)11-10-12-16(8-2)13-14-17(5,6)9-3/h15-16H,7-14H2,1-6H3. The van der Waals surface area contributed by atoms with Crippen molar-refractivity contribution in [2.24, 2.45) is 17.3 Å². The van der Waals surface area contributed by atoms with Crippen molar-refractivity contribution in [2.45, 2.75) is 92.9 Å². The summed E-state index contributed by atoms with van der Waals surface area (Å²) in [4.78, 5) is 0. The molecule has 0 saturated heterocycles. The van der Waals surface area contributed by atoms with E-state index in [0.29, 0.717) is 5.41 Å². The lowest BCUT2D eigenvalue weighted by atomic mass is 9.80. The Hall–Kier alpha value is 0. The van der Waals surface area contributed by atoms with Gasteiger partial charge in [0.1, 0.15) is 0 Å². The Balaban J connectivity index is 3.77. The van der Waals surface area contributed by atoms with Crippen LogP contribution in [0.15, 0.2) is 0 Å². The highest BCUT2D eigenvalue weighted by Gasteiger charge is 2.17. The smallest absolute Gasteiger partial charge is 0.0357 e. The fourth-order valence-electron chi connectivity index (χ4n) is 2.28. The minimum atomic E-state index is 0.560. The molecule has 0 nitrogen and oxygen atoms in total. The molecule has 0 rings (SSSR count). The second-order valence-corrected chi connectivity index (χ2v) is 6.78. The lowest BCUT2D eigenvalue weighted by molar-refractivity contribution is 0.269. The minimum Gasteiger partial charge on any atom is -0.0651 e. The molecule has 0 aliphatic rings. The second kappa shape index (κ2) is 9.00. The molecule has 0 amide bonds. The summed E-state index contributed by atoms with van der Waals surface area (Å²) in [7, 11) is 0. The molecule has 104 valence electrons. The molecule has 0 fully saturated rings. The van der Waals surface area contributed by atoms with Gasteiger partial charge in [0.15, 0.2) is 0 Å². The first-order chi connectivity index (χ1) is 7.95. The Morgan fingerprint density at radius 2 is 1.53 bits per heavy atom. The van der Waals surface area contributed by atoms with Crippen molar-refractivity contribution in [3.63, 3.8) is 0 Å². The van der Waals surface area contributed by atoms with Crippen molar-refractivity contribution >= 4 is 0 Å². The van der Waals surface area contributed by atoms with Gasteiger partial charge in [-0.1, -0.05) is 80.1 Å². The molecular formula is C17H36.